The Balaban J connectivity index is 2.05. The summed E-state index contributed by atoms with van der Waals surface area (Å²) in [6.45, 7) is 6.19. The first-order chi connectivity index (χ1) is 11.3. The van der Waals surface area contributed by atoms with E-state index in [2.05, 4.69) is 40.7 Å². The van der Waals surface area contributed by atoms with Gasteiger partial charge in [-0.25, -0.2) is 19.6 Å². The Morgan fingerprint density at radius 2 is 1.96 bits per heavy atom. The van der Waals surface area contributed by atoms with Gasteiger partial charge in [-0.2, -0.15) is 5.10 Å². The minimum absolute atomic E-state index is 0.245. The van der Waals surface area contributed by atoms with Gasteiger partial charge in [0.25, 0.3) is 0 Å². The number of hydrogen-bond donors (Lipinski definition) is 2. The lowest BCUT2D eigenvalue weighted by molar-refractivity contribution is 0.366. The van der Waals surface area contributed by atoms with Gasteiger partial charge in [0.05, 0.1) is 21.6 Å². The number of nitrogens with zero attached hydrogens (tertiary/aromatic N) is 5. The largest absolute Gasteiger partial charge is 0.383 e. The number of rotatable bonds is 1. The molecule has 4 aromatic rings. The standard InChI is InChI=1S/C16H16ClN7/c1-16(2,3)24-15-11(13(18)20-7-21-15)12(23-24)10-5-8-4-9(17)6-19-14(8)22-10/h4-7H,1-3H3,(H,19,22)(H2,18,20,21). The molecule has 4 heterocycles. The van der Waals surface area contributed by atoms with E-state index in [1.54, 1.807) is 6.20 Å². The summed E-state index contributed by atoms with van der Waals surface area (Å²) < 4.78 is 1.86. The van der Waals surface area contributed by atoms with Gasteiger partial charge in [0.2, 0.25) is 0 Å². The van der Waals surface area contributed by atoms with Crippen LogP contribution in [0.2, 0.25) is 5.02 Å². The molecule has 0 spiro atoms. The maximum atomic E-state index is 6.11. The molecule has 0 aliphatic heterocycles. The fraction of sp³-hybridized carbons (Fsp3) is 0.250. The highest BCUT2D eigenvalue weighted by molar-refractivity contribution is 6.31. The van der Waals surface area contributed by atoms with Crippen molar-refractivity contribution in [3.8, 4) is 11.4 Å². The highest BCUT2D eigenvalue weighted by Crippen LogP contribution is 2.33. The molecule has 0 bridgehead atoms. The Labute approximate surface area is 142 Å². The van der Waals surface area contributed by atoms with E-state index in [9.17, 15) is 0 Å². The van der Waals surface area contributed by atoms with Crippen molar-refractivity contribution in [2.24, 2.45) is 0 Å². The molecule has 8 heteroatoms. The monoisotopic (exact) mass is 341 g/mol. The third-order valence-electron chi connectivity index (χ3n) is 3.82. The molecule has 24 heavy (non-hydrogen) atoms. The van der Waals surface area contributed by atoms with E-state index in [0.29, 0.717) is 22.2 Å². The maximum absolute atomic E-state index is 6.11. The Hall–Kier alpha value is -2.67. The summed E-state index contributed by atoms with van der Waals surface area (Å²) in [5.41, 5.74) is 8.81. The van der Waals surface area contributed by atoms with Crippen molar-refractivity contribution in [2.75, 3.05) is 5.73 Å². The topological polar surface area (TPSA) is 98.3 Å². The van der Waals surface area contributed by atoms with Crippen LogP contribution in [-0.4, -0.2) is 29.7 Å². The molecule has 0 saturated heterocycles. The van der Waals surface area contributed by atoms with Crippen LogP contribution in [0.4, 0.5) is 5.82 Å². The van der Waals surface area contributed by atoms with Crippen molar-refractivity contribution in [2.45, 2.75) is 26.3 Å². The Morgan fingerprint density at radius 1 is 1.17 bits per heavy atom. The van der Waals surface area contributed by atoms with E-state index in [1.165, 1.54) is 6.33 Å². The van der Waals surface area contributed by atoms with Gasteiger partial charge in [-0.15, -0.1) is 0 Å². The molecular weight excluding hydrogens is 326 g/mol. The van der Waals surface area contributed by atoms with Gasteiger partial charge in [-0.1, -0.05) is 11.6 Å². The number of anilines is 1. The van der Waals surface area contributed by atoms with E-state index >= 15 is 0 Å². The smallest absolute Gasteiger partial charge is 0.164 e. The van der Waals surface area contributed by atoms with Gasteiger partial charge in [0, 0.05) is 11.6 Å². The van der Waals surface area contributed by atoms with Crippen LogP contribution < -0.4 is 5.73 Å². The van der Waals surface area contributed by atoms with Crippen molar-refractivity contribution in [1.29, 1.82) is 0 Å². The summed E-state index contributed by atoms with van der Waals surface area (Å²) in [6.07, 6.45) is 3.06. The molecule has 0 aliphatic rings. The zero-order chi connectivity index (χ0) is 17.1. The number of nitrogens with one attached hydrogen (secondary N) is 1. The summed E-state index contributed by atoms with van der Waals surface area (Å²) >= 11 is 6.02. The van der Waals surface area contributed by atoms with Gasteiger partial charge >= 0.3 is 0 Å². The van der Waals surface area contributed by atoms with E-state index in [1.807, 2.05) is 16.8 Å². The van der Waals surface area contributed by atoms with Gasteiger partial charge in [-0.05, 0) is 32.9 Å². The average molecular weight is 342 g/mol. The van der Waals surface area contributed by atoms with Crippen molar-refractivity contribution < 1.29 is 0 Å². The minimum Gasteiger partial charge on any atom is -0.383 e. The van der Waals surface area contributed by atoms with Crippen LogP contribution in [0.15, 0.2) is 24.7 Å². The predicted molar refractivity (Wildman–Crippen MR) is 94.8 cm³/mol. The van der Waals surface area contributed by atoms with Crippen LogP contribution in [0.5, 0.6) is 0 Å². The van der Waals surface area contributed by atoms with E-state index in [0.717, 1.165) is 22.1 Å². The number of nitrogens with two attached hydrogens (primary N) is 1. The molecule has 0 unspecified atom stereocenters. The summed E-state index contributed by atoms with van der Waals surface area (Å²) in [5, 5.41) is 6.97. The summed E-state index contributed by atoms with van der Waals surface area (Å²) in [7, 11) is 0. The predicted octanol–water partition coefficient (Wildman–Crippen LogP) is 3.36. The fourth-order valence-electron chi connectivity index (χ4n) is 2.75. The lowest BCUT2D eigenvalue weighted by atomic mass is 10.1. The molecule has 0 aromatic carbocycles. The normalized spacial score (nSPS) is 12.3. The molecule has 0 amide bonds. The van der Waals surface area contributed by atoms with Crippen molar-refractivity contribution in [1.82, 2.24) is 29.7 Å². The average Bonchev–Trinajstić information content (AvgIpc) is 3.07. The van der Waals surface area contributed by atoms with Crippen molar-refractivity contribution >= 4 is 39.5 Å². The first-order valence-electron chi connectivity index (χ1n) is 7.49. The van der Waals surface area contributed by atoms with E-state index in [4.69, 9.17) is 22.4 Å². The number of fused-ring (bicyclic) bond motifs is 2. The van der Waals surface area contributed by atoms with Crippen LogP contribution in [0.1, 0.15) is 20.8 Å². The molecule has 0 saturated carbocycles. The van der Waals surface area contributed by atoms with Gasteiger partial charge in [-0.3, -0.25) is 0 Å². The van der Waals surface area contributed by atoms with Crippen LogP contribution >= 0.6 is 11.6 Å². The number of hydrogen-bond acceptors (Lipinski definition) is 5. The van der Waals surface area contributed by atoms with Gasteiger partial charge in [0.15, 0.2) is 5.65 Å². The third kappa shape index (κ3) is 2.20. The maximum Gasteiger partial charge on any atom is 0.164 e. The first-order valence-corrected chi connectivity index (χ1v) is 7.87. The molecule has 0 fully saturated rings. The first kappa shape index (κ1) is 14.9. The van der Waals surface area contributed by atoms with Crippen LogP contribution in [0.3, 0.4) is 0 Å². The molecule has 0 radical (unpaired) electrons. The second-order valence-electron chi connectivity index (χ2n) is 6.66. The zero-order valence-electron chi connectivity index (χ0n) is 13.5. The van der Waals surface area contributed by atoms with Crippen LogP contribution in [0, 0.1) is 0 Å². The SMILES string of the molecule is CC(C)(C)n1nc(-c2cc3cc(Cl)cnc3[nH]2)c2c(N)ncnc21. The number of aromatic nitrogens is 6. The Kier molecular flexibility index (Phi) is 3.05. The van der Waals surface area contributed by atoms with Gasteiger partial charge < -0.3 is 10.7 Å². The zero-order valence-corrected chi connectivity index (χ0v) is 14.3. The molecule has 0 aliphatic carbocycles. The fourth-order valence-corrected chi connectivity index (χ4v) is 2.91. The summed E-state index contributed by atoms with van der Waals surface area (Å²) in [4.78, 5) is 16.1. The number of nitrogen functional groups attached to an aromatic ring is 1. The molecule has 7 nitrogen and oxygen atoms in total. The van der Waals surface area contributed by atoms with Gasteiger partial charge in [0.1, 0.15) is 23.5 Å². The number of pyridine rings is 1. The highest BCUT2D eigenvalue weighted by Gasteiger charge is 2.24. The second-order valence-corrected chi connectivity index (χ2v) is 7.10. The Bertz CT molecular complexity index is 1070. The van der Waals surface area contributed by atoms with Crippen molar-refractivity contribution in [3.05, 3.63) is 29.7 Å². The molecule has 4 aromatic heterocycles. The molecule has 0 atom stereocenters. The third-order valence-corrected chi connectivity index (χ3v) is 4.03. The summed E-state index contributed by atoms with van der Waals surface area (Å²) in [6, 6.07) is 3.81. The van der Waals surface area contributed by atoms with Crippen LogP contribution in [0.25, 0.3) is 33.5 Å². The lowest BCUT2D eigenvalue weighted by Crippen LogP contribution is -2.23. The van der Waals surface area contributed by atoms with E-state index < -0.39 is 0 Å². The summed E-state index contributed by atoms with van der Waals surface area (Å²) in [5.74, 6) is 0.398. The number of aromatic amines is 1. The minimum atomic E-state index is -0.245. The molecule has 3 N–H and O–H groups in total. The molecular formula is C16H16ClN7. The highest BCUT2D eigenvalue weighted by atomic mass is 35.5. The second kappa shape index (κ2) is 4.91. The number of H-pyrrole nitrogens is 1. The molecule has 4 rings (SSSR count). The van der Waals surface area contributed by atoms with Crippen molar-refractivity contribution in [3.63, 3.8) is 0 Å². The lowest BCUT2D eigenvalue weighted by Gasteiger charge is -2.19. The Morgan fingerprint density at radius 3 is 2.71 bits per heavy atom. The quantitative estimate of drug-likeness (QED) is 0.553. The van der Waals surface area contributed by atoms with E-state index in [-0.39, 0.29) is 5.54 Å². The van der Waals surface area contributed by atoms with Crippen LogP contribution in [-0.2, 0) is 5.54 Å². The molecule has 122 valence electrons. The number of halogens is 1.